The second-order valence-corrected chi connectivity index (χ2v) is 8.35. The highest BCUT2D eigenvalue weighted by molar-refractivity contribution is 7.98. The molecule has 1 heterocycles. The largest absolute Gasteiger partial charge is 0.325 e. The van der Waals surface area contributed by atoms with E-state index in [1.165, 1.54) is 38.5 Å². The minimum absolute atomic E-state index is 0.188. The van der Waals surface area contributed by atoms with Crippen molar-refractivity contribution in [3.05, 3.63) is 0 Å². The summed E-state index contributed by atoms with van der Waals surface area (Å²) in [5.41, 5.74) is -0.188. The van der Waals surface area contributed by atoms with Gasteiger partial charge < -0.3 is 4.90 Å². The number of carbonyl (C=O) groups is 1. The van der Waals surface area contributed by atoms with E-state index < -0.39 is 0 Å². The van der Waals surface area contributed by atoms with Gasteiger partial charge in [0.2, 0.25) is 5.91 Å². The molecule has 1 amide bonds. The normalized spacial score (nSPS) is 30.7. The first kappa shape index (κ1) is 15.7. The van der Waals surface area contributed by atoms with Gasteiger partial charge in [-0.2, -0.15) is 11.8 Å². The van der Waals surface area contributed by atoms with Crippen LogP contribution in [0.25, 0.3) is 0 Å². The Kier molecular flexibility index (Phi) is 4.84. The fraction of sp³-hybridized carbons (Fsp3) is 0.941. The molecule has 0 aromatic rings. The van der Waals surface area contributed by atoms with Gasteiger partial charge in [-0.1, -0.05) is 32.6 Å². The molecule has 4 heteroatoms. The third-order valence-corrected chi connectivity index (χ3v) is 6.60. The first-order chi connectivity index (χ1) is 10.2. The molecule has 0 bridgehead atoms. The van der Waals surface area contributed by atoms with Crippen LogP contribution in [0.3, 0.4) is 0 Å². The second kappa shape index (κ2) is 6.49. The molecule has 0 aromatic heterocycles. The Balaban J connectivity index is 1.76. The van der Waals surface area contributed by atoms with Crippen molar-refractivity contribution in [3.8, 4) is 0 Å². The summed E-state index contributed by atoms with van der Waals surface area (Å²) in [6.07, 6.45) is 12.3. The van der Waals surface area contributed by atoms with Crippen molar-refractivity contribution in [2.75, 3.05) is 18.6 Å². The number of thioether (sulfide) groups is 1. The molecule has 1 aliphatic heterocycles. The third-order valence-electron chi connectivity index (χ3n) is 5.69. The summed E-state index contributed by atoms with van der Waals surface area (Å²) in [5, 5.41) is 3.83. The van der Waals surface area contributed by atoms with Crippen LogP contribution in [0, 0.1) is 11.8 Å². The van der Waals surface area contributed by atoms with Gasteiger partial charge in [-0.05, 0) is 49.5 Å². The lowest BCUT2D eigenvalue weighted by Crippen LogP contribution is -2.46. The Labute approximate surface area is 133 Å². The number of amides is 1. The van der Waals surface area contributed by atoms with E-state index in [4.69, 9.17) is 0 Å². The van der Waals surface area contributed by atoms with Gasteiger partial charge in [-0.25, -0.2) is 0 Å². The molecular weight excluding hydrogens is 280 g/mol. The average molecular weight is 311 g/mol. The molecule has 2 saturated carbocycles. The topological polar surface area (TPSA) is 32.3 Å². The van der Waals surface area contributed by atoms with E-state index in [-0.39, 0.29) is 5.54 Å². The molecule has 1 spiro atoms. The van der Waals surface area contributed by atoms with Crippen LogP contribution in [0.1, 0.15) is 58.3 Å². The molecule has 3 rings (SSSR count). The van der Waals surface area contributed by atoms with E-state index in [2.05, 4.69) is 23.4 Å². The first-order valence-electron chi connectivity index (χ1n) is 8.74. The van der Waals surface area contributed by atoms with Gasteiger partial charge in [0.15, 0.2) is 0 Å². The predicted octanol–water partition coefficient (Wildman–Crippen LogP) is 3.25. The van der Waals surface area contributed by atoms with Crippen LogP contribution in [0.2, 0.25) is 0 Å². The van der Waals surface area contributed by atoms with Crippen molar-refractivity contribution in [3.63, 3.8) is 0 Å². The summed E-state index contributed by atoms with van der Waals surface area (Å²) >= 11 is 1.89. The molecule has 120 valence electrons. The van der Waals surface area contributed by atoms with Crippen molar-refractivity contribution >= 4 is 17.7 Å². The summed E-state index contributed by atoms with van der Waals surface area (Å²) in [7, 11) is 0. The smallest absolute Gasteiger partial charge is 0.244 e. The molecule has 0 radical (unpaired) electrons. The quantitative estimate of drug-likeness (QED) is 0.846. The van der Waals surface area contributed by atoms with E-state index >= 15 is 0 Å². The van der Waals surface area contributed by atoms with Crippen molar-refractivity contribution < 1.29 is 4.79 Å². The number of hydrogen-bond acceptors (Lipinski definition) is 3. The zero-order valence-corrected chi connectivity index (χ0v) is 14.4. The van der Waals surface area contributed by atoms with Crippen LogP contribution in [0.15, 0.2) is 0 Å². The average Bonchev–Trinajstić information content (AvgIpc) is 3.17. The number of nitrogens with one attached hydrogen (secondary N) is 1. The molecule has 2 aliphatic carbocycles. The number of rotatable bonds is 5. The van der Waals surface area contributed by atoms with Crippen molar-refractivity contribution in [1.82, 2.24) is 10.2 Å². The molecule has 21 heavy (non-hydrogen) atoms. The number of hydrogen-bond donors (Lipinski definition) is 1. The Morgan fingerprint density at radius 3 is 2.57 bits per heavy atom. The van der Waals surface area contributed by atoms with Crippen LogP contribution in [-0.2, 0) is 4.79 Å². The number of carbonyl (C=O) groups excluding carboxylic acids is 1. The second-order valence-electron chi connectivity index (χ2n) is 7.44. The first-order valence-corrected chi connectivity index (χ1v) is 10.1. The molecule has 1 N–H and O–H groups in total. The zero-order valence-electron chi connectivity index (χ0n) is 13.6. The van der Waals surface area contributed by atoms with E-state index in [0.717, 1.165) is 25.1 Å². The summed E-state index contributed by atoms with van der Waals surface area (Å²) in [6.45, 7) is 3.23. The van der Waals surface area contributed by atoms with Gasteiger partial charge in [0, 0.05) is 6.54 Å². The van der Waals surface area contributed by atoms with Crippen LogP contribution >= 0.6 is 11.8 Å². The highest BCUT2D eigenvalue weighted by Gasteiger charge is 2.54. The molecule has 2 unspecified atom stereocenters. The molecule has 1 saturated heterocycles. The van der Waals surface area contributed by atoms with E-state index in [1.807, 2.05) is 11.8 Å². The van der Waals surface area contributed by atoms with Gasteiger partial charge in [-0.3, -0.25) is 10.1 Å². The lowest BCUT2D eigenvalue weighted by molar-refractivity contribution is -0.134. The molecule has 2 atom stereocenters. The van der Waals surface area contributed by atoms with Crippen LogP contribution in [0.5, 0.6) is 0 Å². The minimum Gasteiger partial charge on any atom is -0.325 e. The standard InChI is InChI=1S/C17H30N2OS/c1-13(12-21-2)11-19-15(14-7-3-4-8-14)18-17(16(19)20)9-5-6-10-17/h13-15,18H,3-12H2,1-2H3. The van der Waals surface area contributed by atoms with E-state index in [9.17, 15) is 4.79 Å². The van der Waals surface area contributed by atoms with Gasteiger partial charge in [0.25, 0.3) is 0 Å². The van der Waals surface area contributed by atoms with Gasteiger partial charge in [-0.15, -0.1) is 0 Å². The predicted molar refractivity (Wildman–Crippen MR) is 89.3 cm³/mol. The Hall–Kier alpha value is -0.220. The molecular formula is C17H30N2OS. The zero-order chi connectivity index (χ0) is 14.9. The molecule has 3 aliphatic rings. The third kappa shape index (κ3) is 2.98. The Morgan fingerprint density at radius 2 is 1.95 bits per heavy atom. The van der Waals surface area contributed by atoms with Crippen LogP contribution in [0.4, 0.5) is 0 Å². The highest BCUT2D eigenvalue weighted by Crippen LogP contribution is 2.41. The Morgan fingerprint density at radius 1 is 1.29 bits per heavy atom. The SMILES string of the molecule is CSCC(C)CN1C(=O)C2(CCCC2)NC1C1CCCC1. The van der Waals surface area contributed by atoms with Crippen molar-refractivity contribution in [2.24, 2.45) is 11.8 Å². The van der Waals surface area contributed by atoms with Crippen molar-refractivity contribution in [2.45, 2.75) is 70.0 Å². The maximum atomic E-state index is 13.1. The lowest BCUT2D eigenvalue weighted by atomic mass is 9.97. The molecule has 3 fully saturated rings. The minimum atomic E-state index is -0.188. The monoisotopic (exact) mass is 310 g/mol. The van der Waals surface area contributed by atoms with E-state index in [1.54, 1.807) is 0 Å². The Bertz CT molecular complexity index is 375. The van der Waals surface area contributed by atoms with Crippen LogP contribution in [-0.4, -0.2) is 41.1 Å². The number of nitrogens with zero attached hydrogens (tertiary/aromatic N) is 1. The molecule has 3 nitrogen and oxygen atoms in total. The fourth-order valence-electron chi connectivity index (χ4n) is 4.68. The summed E-state index contributed by atoms with van der Waals surface area (Å²) in [5.74, 6) is 2.85. The fourth-order valence-corrected chi connectivity index (χ4v) is 5.35. The van der Waals surface area contributed by atoms with Gasteiger partial charge in [0.1, 0.15) is 0 Å². The molecule has 0 aromatic carbocycles. The van der Waals surface area contributed by atoms with Gasteiger partial charge in [0.05, 0.1) is 11.7 Å². The highest BCUT2D eigenvalue weighted by atomic mass is 32.2. The van der Waals surface area contributed by atoms with E-state index in [0.29, 0.717) is 23.9 Å². The summed E-state index contributed by atoms with van der Waals surface area (Å²) in [4.78, 5) is 15.3. The summed E-state index contributed by atoms with van der Waals surface area (Å²) < 4.78 is 0. The van der Waals surface area contributed by atoms with Crippen molar-refractivity contribution in [1.29, 1.82) is 0 Å². The summed E-state index contributed by atoms with van der Waals surface area (Å²) in [6, 6.07) is 0. The lowest BCUT2D eigenvalue weighted by Gasteiger charge is -2.31. The van der Waals surface area contributed by atoms with Gasteiger partial charge >= 0.3 is 0 Å². The van der Waals surface area contributed by atoms with Crippen LogP contribution < -0.4 is 5.32 Å². The maximum Gasteiger partial charge on any atom is 0.244 e. The maximum absolute atomic E-state index is 13.1.